The van der Waals surface area contributed by atoms with E-state index in [0.717, 1.165) is 11.4 Å². The predicted molar refractivity (Wildman–Crippen MR) is 84.3 cm³/mol. The van der Waals surface area contributed by atoms with Gasteiger partial charge in [0.2, 0.25) is 0 Å². The second-order valence-electron chi connectivity index (χ2n) is 4.99. The fraction of sp³-hybridized carbons (Fsp3) is 0.353. The van der Waals surface area contributed by atoms with Gasteiger partial charge in [-0.15, -0.1) is 11.8 Å². The Labute approximate surface area is 119 Å². The lowest BCUT2D eigenvalue weighted by atomic mass is 10.1. The molecule has 2 heterocycles. The van der Waals surface area contributed by atoms with E-state index in [1.165, 1.54) is 23.1 Å². The number of hydrogen-bond acceptors (Lipinski definition) is 2. The van der Waals surface area contributed by atoms with Crippen molar-refractivity contribution in [3.63, 3.8) is 0 Å². The van der Waals surface area contributed by atoms with Crippen molar-refractivity contribution in [2.24, 2.45) is 5.92 Å². The minimum atomic E-state index is 0.286. The van der Waals surface area contributed by atoms with Crippen LogP contribution in [0.4, 0.5) is 0 Å². The van der Waals surface area contributed by atoms with Crippen LogP contribution in [0.5, 0.6) is 0 Å². The molecule has 2 aromatic rings. The van der Waals surface area contributed by atoms with Gasteiger partial charge < -0.3 is 0 Å². The van der Waals surface area contributed by atoms with Gasteiger partial charge in [-0.3, -0.25) is 4.98 Å². The molecule has 2 heteroatoms. The van der Waals surface area contributed by atoms with Crippen LogP contribution in [0.25, 0.3) is 10.9 Å². The van der Waals surface area contributed by atoms with Crippen LogP contribution in [-0.2, 0) is 4.75 Å². The number of aryl methyl sites for hydroxylation is 1. The van der Waals surface area contributed by atoms with E-state index in [1.807, 2.05) is 25.6 Å². The maximum Gasteiger partial charge on any atom is 0.0708 e. The topological polar surface area (TPSA) is 12.9 Å². The summed E-state index contributed by atoms with van der Waals surface area (Å²) in [6.07, 6.45) is 3.59. The number of fused-ring (bicyclic) bond motifs is 2. The van der Waals surface area contributed by atoms with E-state index in [1.54, 1.807) is 0 Å². The summed E-state index contributed by atoms with van der Waals surface area (Å²) in [5.41, 5.74) is 3.75. The molecular formula is C17H19NS. The maximum absolute atomic E-state index is 4.87. The second kappa shape index (κ2) is 4.68. The number of rotatable bonds is 1. The third-order valence-electron chi connectivity index (χ3n) is 3.91. The minimum absolute atomic E-state index is 0.286. The Balaban J connectivity index is 0.000000528. The van der Waals surface area contributed by atoms with Crippen molar-refractivity contribution in [3.8, 4) is 0 Å². The normalized spacial score (nSPS) is 26.8. The number of nitrogens with zero attached hydrogens (tertiary/aromatic N) is 1. The van der Waals surface area contributed by atoms with Gasteiger partial charge in [0, 0.05) is 5.39 Å². The largest absolute Gasteiger partial charge is 0.251 e. The Morgan fingerprint density at radius 1 is 1.26 bits per heavy atom. The van der Waals surface area contributed by atoms with Crippen LogP contribution in [-0.4, -0.2) is 4.98 Å². The Morgan fingerprint density at radius 3 is 2.74 bits per heavy atom. The van der Waals surface area contributed by atoms with E-state index < -0.39 is 0 Å². The quantitative estimate of drug-likeness (QED) is 0.719. The zero-order chi connectivity index (χ0) is 13.5. The number of para-hydroxylation sites is 1. The van der Waals surface area contributed by atoms with Crippen molar-refractivity contribution in [2.75, 3.05) is 0 Å². The highest BCUT2D eigenvalue weighted by molar-refractivity contribution is 8.03. The monoisotopic (exact) mass is 269 g/mol. The van der Waals surface area contributed by atoms with Crippen LogP contribution in [0, 0.1) is 12.8 Å². The van der Waals surface area contributed by atoms with Crippen molar-refractivity contribution in [1.82, 2.24) is 4.98 Å². The third kappa shape index (κ3) is 1.90. The molecule has 0 radical (unpaired) electrons. The van der Waals surface area contributed by atoms with Crippen LogP contribution >= 0.6 is 11.8 Å². The summed E-state index contributed by atoms with van der Waals surface area (Å²) >= 11 is 1.95. The Hall–Kier alpha value is -1.28. The smallest absolute Gasteiger partial charge is 0.0708 e. The number of pyridine rings is 1. The predicted octanol–water partition coefficient (Wildman–Crippen LogP) is 5.05. The van der Waals surface area contributed by atoms with E-state index in [9.17, 15) is 0 Å². The molecule has 0 amide bonds. The minimum Gasteiger partial charge on any atom is -0.251 e. The van der Waals surface area contributed by atoms with Crippen LogP contribution in [0.15, 0.2) is 41.8 Å². The summed E-state index contributed by atoms with van der Waals surface area (Å²) in [7, 11) is 0. The first-order valence-electron chi connectivity index (χ1n) is 7.01. The highest BCUT2D eigenvalue weighted by Gasteiger charge is 2.58. The lowest BCUT2D eigenvalue weighted by Gasteiger charge is -2.13. The molecule has 2 unspecified atom stereocenters. The van der Waals surface area contributed by atoms with E-state index in [4.69, 9.17) is 4.98 Å². The fourth-order valence-electron chi connectivity index (χ4n) is 2.80. The van der Waals surface area contributed by atoms with Gasteiger partial charge in [0.25, 0.3) is 0 Å². The molecule has 1 aromatic carbocycles. The molecule has 0 bridgehead atoms. The number of allylic oxidation sites excluding steroid dienone is 1. The first kappa shape index (κ1) is 12.7. The summed E-state index contributed by atoms with van der Waals surface area (Å²) in [4.78, 5) is 4.87. The average Bonchev–Trinajstić information content (AvgIpc) is 3.03. The van der Waals surface area contributed by atoms with Gasteiger partial charge in [0.05, 0.1) is 16.0 Å². The zero-order valence-electron chi connectivity index (χ0n) is 11.7. The molecular weight excluding hydrogens is 250 g/mol. The lowest BCUT2D eigenvalue weighted by Crippen LogP contribution is -2.05. The Morgan fingerprint density at radius 2 is 2.05 bits per heavy atom. The molecule has 4 rings (SSSR count). The summed E-state index contributed by atoms with van der Waals surface area (Å²) in [6.45, 7) is 6.19. The molecule has 2 aliphatic rings. The number of aromatic nitrogens is 1. The first-order chi connectivity index (χ1) is 9.29. The second-order valence-corrected chi connectivity index (χ2v) is 6.22. The van der Waals surface area contributed by atoms with Crippen LogP contribution in [0.2, 0.25) is 0 Å². The fourth-order valence-corrected chi connectivity index (χ4v) is 4.07. The summed E-state index contributed by atoms with van der Waals surface area (Å²) < 4.78 is 0.286. The molecule has 2 atom stereocenters. The molecule has 0 N–H and O–H groups in total. The van der Waals surface area contributed by atoms with Crippen LogP contribution < -0.4 is 0 Å². The Kier molecular flexibility index (Phi) is 3.14. The van der Waals surface area contributed by atoms with Crippen molar-refractivity contribution in [3.05, 3.63) is 53.1 Å². The molecule has 98 valence electrons. The van der Waals surface area contributed by atoms with Gasteiger partial charge in [-0.25, -0.2) is 0 Å². The van der Waals surface area contributed by atoms with E-state index in [2.05, 4.69) is 48.7 Å². The van der Waals surface area contributed by atoms with Gasteiger partial charge >= 0.3 is 0 Å². The molecule has 19 heavy (non-hydrogen) atoms. The molecule has 1 fully saturated rings. The van der Waals surface area contributed by atoms with Crippen LogP contribution in [0.1, 0.15) is 31.5 Å². The molecule has 0 saturated heterocycles. The van der Waals surface area contributed by atoms with E-state index in [0.29, 0.717) is 0 Å². The molecule has 1 nitrogen and oxygen atoms in total. The molecule has 0 spiro atoms. The van der Waals surface area contributed by atoms with E-state index in [-0.39, 0.29) is 4.75 Å². The van der Waals surface area contributed by atoms with E-state index >= 15 is 0 Å². The Bertz CT molecular complexity index is 647. The summed E-state index contributed by atoms with van der Waals surface area (Å²) in [5, 5.41) is 3.52. The lowest BCUT2D eigenvalue weighted by molar-refractivity contribution is 0.912. The zero-order valence-corrected chi connectivity index (χ0v) is 12.5. The van der Waals surface area contributed by atoms with Crippen molar-refractivity contribution >= 4 is 22.7 Å². The first-order valence-corrected chi connectivity index (χ1v) is 7.89. The molecule has 1 aliphatic carbocycles. The summed E-state index contributed by atoms with van der Waals surface area (Å²) in [5.74, 6) is 0.723. The average molecular weight is 269 g/mol. The summed E-state index contributed by atoms with van der Waals surface area (Å²) in [6, 6.07) is 10.7. The number of thioether (sulfide) groups is 1. The van der Waals surface area contributed by atoms with Gasteiger partial charge in [-0.1, -0.05) is 38.1 Å². The van der Waals surface area contributed by atoms with Crippen LogP contribution in [0.3, 0.4) is 0 Å². The standard InChI is InChI=1S/C15H13NS.C2H6/c1-10-8-14(15-9-11(15)6-7-17-15)16-13-5-3-2-4-12(10)13;1-2/h2-8,11H,9H2,1H3;1-2H3. The maximum atomic E-state index is 4.87. The SMILES string of the molecule is CC.Cc1cc(C23CC2C=CS3)nc2ccccc12. The third-order valence-corrected chi connectivity index (χ3v) is 5.30. The molecule has 1 aliphatic heterocycles. The highest BCUT2D eigenvalue weighted by Crippen LogP contribution is 2.66. The van der Waals surface area contributed by atoms with Gasteiger partial charge in [0.15, 0.2) is 0 Å². The number of benzene rings is 1. The van der Waals surface area contributed by atoms with Gasteiger partial charge in [-0.2, -0.15) is 0 Å². The van der Waals surface area contributed by atoms with Crippen molar-refractivity contribution in [2.45, 2.75) is 31.9 Å². The van der Waals surface area contributed by atoms with Gasteiger partial charge in [-0.05, 0) is 42.4 Å². The molecule has 1 aromatic heterocycles. The molecule has 1 saturated carbocycles. The van der Waals surface area contributed by atoms with Gasteiger partial charge in [0.1, 0.15) is 0 Å². The highest BCUT2D eigenvalue weighted by atomic mass is 32.2. The number of hydrogen-bond donors (Lipinski definition) is 0. The van der Waals surface area contributed by atoms with Crippen molar-refractivity contribution in [1.29, 1.82) is 0 Å². The van der Waals surface area contributed by atoms with Crippen molar-refractivity contribution < 1.29 is 0 Å².